The molecule has 1 saturated heterocycles. The number of carbonyl (C=O) groups excluding carboxylic acids is 1. The van der Waals surface area contributed by atoms with Gasteiger partial charge < -0.3 is 10.0 Å². The second kappa shape index (κ2) is 5.25. The maximum Gasteiger partial charge on any atom is 0.242 e. The zero-order valence-electron chi connectivity index (χ0n) is 9.91. The van der Waals surface area contributed by atoms with E-state index < -0.39 is 6.04 Å². The average molecular weight is 235 g/mol. The van der Waals surface area contributed by atoms with Gasteiger partial charge in [0.1, 0.15) is 6.04 Å². The standard InChI is InChI=1S/C12H17N3O2/c1-14-6-7-15(11(9-16)12(14)17)8-10-4-2-3-5-13-10/h2-5,11,16H,6-9H2,1H3. The number of hydrogen-bond donors (Lipinski definition) is 1. The molecule has 0 spiro atoms. The fourth-order valence-electron chi connectivity index (χ4n) is 2.04. The molecule has 92 valence electrons. The normalized spacial score (nSPS) is 21.9. The van der Waals surface area contributed by atoms with Crippen molar-refractivity contribution in [1.82, 2.24) is 14.8 Å². The molecular weight excluding hydrogens is 218 g/mol. The van der Waals surface area contributed by atoms with Crippen molar-refractivity contribution in [3.63, 3.8) is 0 Å². The Morgan fingerprint density at radius 3 is 2.94 bits per heavy atom. The summed E-state index contributed by atoms with van der Waals surface area (Å²) in [4.78, 5) is 19.7. The van der Waals surface area contributed by atoms with E-state index in [0.29, 0.717) is 13.1 Å². The minimum Gasteiger partial charge on any atom is -0.394 e. The summed E-state index contributed by atoms with van der Waals surface area (Å²) in [7, 11) is 1.77. The van der Waals surface area contributed by atoms with Gasteiger partial charge in [-0.1, -0.05) is 6.07 Å². The third kappa shape index (κ3) is 2.62. The Kier molecular flexibility index (Phi) is 3.71. The molecule has 17 heavy (non-hydrogen) atoms. The first-order valence-electron chi connectivity index (χ1n) is 5.72. The smallest absolute Gasteiger partial charge is 0.242 e. The number of aromatic nitrogens is 1. The van der Waals surface area contributed by atoms with E-state index in [9.17, 15) is 9.90 Å². The molecule has 0 radical (unpaired) electrons. The lowest BCUT2D eigenvalue weighted by Gasteiger charge is -2.37. The van der Waals surface area contributed by atoms with Crippen molar-refractivity contribution >= 4 is 5.91 Å². The van der Waals surface area contributed by atoms with Gasteiger partial charge in [0, 0.05) is 32.9 Å². The molecule has 1 unspecified atom stereocenters. The predicted octanol–water partition coefficient (Wildman–Crippen LogP) is -0.284. The van der Waals surface area contributed by atoms with Gasteiger partial charge in [-0.25, -0.2) is 0 Å². The monoisotopic (exact) mass is 235 g/mol. The lowest BCUT2D eigenvalue weighted by Crippen LogP contribution is -2.56. The molecule has 5 nitrogen and oxygen atoms in total. The summed E-state index contributed by atoms with van der Waals surface area (Å²) < 4.78 is 0. The Bertz CT molecular complexity index is 383. The molecule has 0 saturated carbocycles. The summed E-state index contributed by atoms with van der Waals surface area (Å²) in [5.41, 5.74) is 0.920. The molecule has 0 bridgehead atoms. The van der Waals surface area contributed by atoms with E-state index in [4.69, 9.17) is 0 Å². The first-order valence-corrected chi connectivity index (χ1v) is 5.72. The van der Waals surface area contributed by atoms with Crippen molar-refractivity contribution in [2.75, 3.05) is 26.7 Å². The number of likely N-dealkylation sites (N-methyl/N-ethyl adjacent to an activating group) is 1. The maximum atomic E-state index is 11.9. The molecule has 1 atom stereocenters. The van der Waals surface area contributed by atoms with E-state index in [1.807, 2.05) is 23.1 Å². The first kappa shape index (κ1) is 12.0. The van der Waals surface area contributed by atoms with Crippen LogP contribution in [0.5, 0.6) is 0 Å². The van der Waals surface area contributed by atoms with Crippen LogP contribution < -0.4 is 0 Å². The van der Waals surface area contributed by atoms with Gasteiger partial charge in [-0.05, 0) is 12.1 Å². The van der Waals surface area contributed by atoms with Crippen molar-refractivity contribution in [2.24, 2.45) is 0 Å². The van der Waals surface area contributed by atoms with Crippen LogP contribution in [0.4, 0.5) is 0 Å². The first-order chi connectivity index (χ1) is 8.22. The average Bonchev–Trinajstić information content (AvgIpc) is 2.36. The summed E-state index contributed by atoms with van der Waals surface area (Å²) in [5, 5.41) is 9.32. The highest BCUT2D eigenvalue weighted by atomic mass is 16.3. The lowest BCUT2D eigenvalue weighted by molar-refractivity contribution is -0.142. The van der Waals surface area contributed by atoms with Crippen LogP contribution >= 0.6 is 0 Å². The Morgan fingerprint density at radius 2 is 2.29 bits per heavy atom. The van der Waals surface area contributed by atoms with Crippen molar-refractivity contribution in [2.45, 2.75) is 12.6 Å². The Hall–Kier alpha value is -1.46. The minimum atomic E-state index is -0.434. The van der Waals surface area contributed by atoms with Crippen LogP contribution in [-0.4, -0.2) is 58.6 Å². The second-order valence-electron chi connectivity index (χ2n) is 4.25. The molecule has 1 amide bonds. The summed E-state index contributed by atoms with van der Waals surface area (Å²) in [6.45, 7) is 1.92. The molecular formula is C12H17N3O2. The van der Waals surface area contributed by atoms with Crippen molar-refractivity contribution < 1.29 is 9.90 Å². The number of carbonyl (C=O) groups is 1. The van der Waals surface area contributed by atoms with Crippen molar-refractivity contribution in [3.8, 4) is 0 Å². The Labute approximate surface area is 101 Å². The third-order valence-electron chi connectivity index (χ3n) is 3.09. The van der Waals surface area contributed by atoms with E-state index in [-0.39, 0.29) is 12.5 Å². The number of piperazine rings is 1. The summed E-state index contributed by atoms with van der Waals surface area (Å²) in [5.74, 6) is -0.0188. The van der Waals surface area contributed by atoms with Crippen LogP contribution in [-0.2, 0) is 11.3 Å². The third-order valence-corrected chi connectivity index (χ3v) is 3.09. The predicted molar refractivity (Wildman–Crippen MR) is 63.2 cm³/mol. The van der Waals surface area contributed by atoms with Crippen LogP contribution in [0.3, 0.4) is 0 Å². The highest BCUT2D eigenvalue weighted by Gasteiger charge is 2.32. The van der Waals surface area contributed by atoms with Crippen LogP contribution in [0.2, 0.25) is 0 Å². The van der Waals surface area contributed by atoms with Crippen LogP contribution in [0.15, 0.2) is 24.4 Å². The number of rotatable bonds is 3. The number of pyridine rings is 1. The highest BCUT2D eigenvalue weighted by Crippen LogP contribution is 2.12. The molecule has 1 N–H and O–H groups in total. The van der Waals surface area contributed by atoms with Gasteiger partial charge in [-0.3, -0.25) is 14.7 Å². The van der Waals surface area contributed by atoms with Gasteiger partial charge in [0.05, 0.1) is 12.3 Å². The molecule has 2 heterocycles. The molecule has 1 aromatic heterocycles. The molecule has 1 aliphatic heterocycles. The highest BCUT2D eigenvalue weighted by molar-refractivity contribution is 5.82. The van der Waals surface area contributed by atoms with Gasteiger partial charge in [0.25, 0.3) is 0 Å². The Balaban J connectivity index is 2.07. The number of hydrogen-bond acceptors (Lipinski definition) is 4. The van der Waals surface area contributed by atoms with E-state index in [0.717, 1.165) is 12.2 Å². The summed E-state index contributed by atoms with van der Waals surface area (Å²) in [6.07, 6.45) is 1.74. The topological polar surface area (TPSA) is 56.7 Å². The zero-order chi connectivity index (χ0) is 12.3. The fourth-order valence-corrected chi connectivity index (χ4v) is 2.04. The molecule has 0 aliphatic carbocycles. The second-order valence-corrected chi connectivity index (χ2v) is 4.25. The molecule has 1 fully saturated rings. The van der Waals surface area contributed by atoms with Crippen molar-refractivity contribution in [1.29, 1.82) is 0 Å². The zero-order valence-corrected chi connectivity index (χ0v) is 9.91. The van der Waals surface area contributed by atoms with E-state index >= 15 is 0 Å². The van der Waals surface area contributed by atoms with Crippen molar-refractivity contribution in [3.05, 3.63) is 30.1 Å². The molecule has 0 aromatic carbocycles. The van der Waals surface area contributed by atoms with Gasteiger partial charge in [-0.2, -0.15) is 0 Å². The Morgan fingerprint density at radius 1 is 1.47 bits per heavy atom. The van der Waals surface area contributed by atoms with Crippen LogP contribution in [0.25, 0.3) is 0 Å². The minimum absolute atomic E-state index is 0.0188. The quantitative estimate of drug-likeness (QED) is 0.782. The molecule has 1 aliphatic rings. The molecule has 1 aromatic rings. The van der Waals surface area contributed by atoms with E-state index in [1.54, 1.807) is 18.1 Å². The van der Waals surface area contributed by atoms with Crippen LogP contribution in [0.1, 0.15) is 5.69 Å². The largest absolute Gasteiger partial charge is 0.394 e. The van der Waals surface area contributed by atoms with E-state index in [2.05, 4.69) is 4.98 Å². The maximum absolute atomic E-state index is 11.9. The van der Waals surface area contributed by atoms with Gasteiger partial charge in [0.2, 0.25) is 5.91 Å². The summed E-state index contributed by atoms with van der Waals surface area (Å²) in [6, 6.07) is 5.28. The summed E-state index contributed by atoms with van der Waals surface area (Å²) >= 11 is 0. The van der Waals surface area contributed by atoms with Gasteiger partial charge in [0.15, 0.2) is 0 Å². The van der Waals surface area contributed by atoms with Gasteiger partial charge in [-0.15, -0.1) is 0 Å². The number of amides is 1. The SMILES string of the molecule is CN1CCN(Cc2ccccn2)C(CO)C1=O. The number of aliphatic hydroxyl groups is 1. The van der Waals surface area contributed by atoms with Crippen LogP contribution in [0, 0.1) is 0 Å². The lowest BCUT2D eigenvalue weighted by atomic mass is 10.1. The molecule has 2 rings (SSSR count). The van der Waals surface area contributed by atoms with Gasteiger partial charge >= 0.3 is 0 Å². The number of aliphatic hydroxyl groups excluding tert-OH is 1. The van der Waals surface area contributed by atoms with E-state index in [1.165, 1.54) is 0 Å². The number of nitrogens with zero attached hydrogens (tertiary/aromatic N) is 3. The molecule has 5 heteroatoms. The fraction of sp³-hybridized carbons (Fsp3) is 0.500.